The smallest absolute Gasteiger partial charge is 0.226 e. The first kappa shape index (κ1) is 14.4. The lowest BCUT2D eigenvalue weighted by atomic mass is 9.92. The van der Waals surface area contributed by atoms with E-state index >= 15 is 0 Å². The minimum Gasteiger partial charge on any atom is -0.468 e. The van der Waals surface area contributed by atoms with Gasteiger partial charge >= 0.3 is 0 Å². The predicted octanol–water partition coefficient (Wildman–Crippen LogP) is 1.76. The lowest BCUT2D eigenvalue weighted by Crippen LogP contribution is -2.58. The zero-order valence-corrected chi connectivity index (χ0v) is 12.6. The third kappa shape index (κ3) is 3.05. The number of amides is 1. The second-order valence-corrected chi connectivity index (χ2v) is 8.01. The van der Waals surface area contributed by atoms with Crippen molar-refractivity contribution < 1.29 is 17.6 Å². The van der Waals surface area contributed by atoms with Crippen LogP contribution in [0.3, 0.4) is 0 Å². The van der Waals surface area contributed by atoms with Crippen LogP contribution >= 0.6 is 0 Å². The maximum Gasteiger partial charge on any atom is 0.226 e. The van der Waals surface area contributed by atoms with Crippen LogP contribution in [-0.2, 0) is 20.4 Å². The highest BCUT2D eigenvalue weighted by Gasteiger charge is 2.41. The standard InChI is InChI=1S/C15H19NO4S/c17-15(12-5-2-1-3-6-12)16-9-14(10-16)21(18,19)11-13-7-4-8-20-13/h1-2,4,7-8,12,14H,3,5-6,9-11H2. The molecule has 0 radical (unpaired) electrons. The molecule has 0 bridgehead atoms. The molecule has 1 aromatic heterocycles. The summed E-state index contributed by atoms with van der Waals surface area (Å²) in [4.78, 5) is 13.9. The van der Waals surface area contributed by atoms with Gasteiger partial charge in [0.05, 0.1) is 11.5 Å². The lowest BCUT2D eigenvalue weighted by molar-refractivity contribution is -0.139. The van der Waals surface area contributed by atoms with Crippen LogP contribution in [-0.4, -0.2) is 37.6 Å². The Balaban J connectivity index is 1.55. The molecule has 1 atom stereocenters. The molecule has 0 saturated carbocycles. The van der Waals surface area contributed by atoms with Crippen molar-refractivity contribution in [2.45, 2.75) is 30.3 Å². The van der Waals surface area contributed by atoms with Crippen molar-refractivity contribution in [1.82, 2.24) is 4.90 Å². The Morgan fingerprint density at radius 2 is 2.14 bits per heavy atom. The maximum absolute atomic E-state index is 12.2. The summed E-state index contributed by atoms with van der Waals surface area (Å²) < 4.78 is 29.5. The third-order valence-corrected chi connectivity index (χ3v) is 6.21. The van der Waals surface area contributed by atoms with E-state index in [2.05, 4.69) is 6.08 Å². The first-order valence-electron chi connectivity index (χ1n) is 7.24. The average Bonchev–Trinajstić information content (AvgIpc) is 2.89. The second-order valence-electron chi connectivity index (χ2n) is 5.73. The fourth-order valence-corrected chi connectivity index (χ4v) is 4.44. The molecular formula is C15H19NO4S. The lowest BCUT2D eigenvalue weighted by Gasteiger charge is -2.40. The van der Waals surface area contributed by atoms with Crippen LogP contribution < -0.4 is 0 Å². The van der Waals surface area contributed by atoms with Gasteiger partial charge in [-0.3, -0.25) is 4.79 Å². The molecule has 0 N–H and O–H groups in total. The molecule has 114 valence electrons. The highest BCUT2D eigenvalue weighted by atomic mass is 32.2. The van der Waals surface area contributed by atoms with Crippen molar-refractivity contribution in [2.75, 3.05) is 13.1 Å². The van der Waals surface area contributed by atoms with Gasteiger partial charge in [-0.1, -0.05) is 12.2 Å². The van der Waals surface area contributed by atoms with Crippen LogP contribution in [0.25, 0.3) is 0 Å². The topological polar surface area (TPSA) is 67.6 Å². The minimum atomic E-state index is -3.25. The highest BCUT2D eigenvalue weighted by Crippen LogP contribution is 2.26. The Bertz CT molecular complexity index is 627. The van der Waals surface area contributed by atoms with Crippen LogP contribution in [0.1, 0.15) is 25.0 Å². The average molecular weight is 309 g/mol. The van der Waals surface area contributed by atoms with Crippen LogP contribution in [0, 0.1) is 5.92 Å². The van der Waals surface area contributed by atoms with E-state index in [0.717, 1.165) is 19.3 Å². The summed E-state index contributed by atoms with van der Waals surface area (Å²) in [5.41, 5.74) is 0. The summed E-state index contributed by atoms with van der Waals surface area (Å²) in [5.74, 6) is 0.503. The van der Waals surface area contributed by atoms with Gasteiger partial charge in [0.1, 0.15) is 11.5 Å². The largest absolute Gasteiger partial charge is 0.468 e. The van der Waals surface area contributed by atoms with Gasteiger partial charge in [-0.05, 0) is 31.4 Å². The van der Waals surface area contributed by atoms with E-state index in [1.54, 1.807) is 17.0 Å². The molecule has 1 fully saturated rings. The molecule has 1 amide bonds. The van der Waals surface area contributed by atoms with E-state index in [4.69, 9.17) is 4.42 Å². The Hall–Kier alpha value is -1.56. The number of likely N-dealkylation sites (tertiary alicyclic amines) is 1. The van der Waals surface area contributed by atoms with Crippen molar-refractivity contribution in [3.63, 3.8) is 0 Å². The monoisotopic (exact) mass is 309 g/mol. The van der Waals surface area contributed by atoms with Crippen LogP contribution in [0.4, 0.5) is 0 Å². The van der Waals surface area contributed by atoms with Crippen molar-refractivity contribution in [1.29, 1.82) is 0 Å². The van der Waals surface area contributed by atoms with Gasteiger partial charge in [0.25, 0.3) is 0 Å². The summed E-state index contributed by atoms with van der Waals surface area (Å²) in [6.07, 6.45) is 8.19. The van der Waals surface area contributed by atoms with Crippen molar-refractivity contribution in [3.05, 3.63) is 36.3 Å². The number of allylic oxidation sites excluding steroid dienone is 2. The molecule has 1 aromatic rings. The van der Waals surface area contributed by atoms with Crippen LogP contribution in [0.15, 0.2) is 35.0 Å². The predicted molar refractivity (Wildman–Crippen MR) is 78.2 cm³/mol. The zero-order chi connectivity index (χ0) is 14.9. The molecule has 6 heteroatoms. The maximum atomic E-state index is 12.2. The van der Waals surface area contributed by atoms with Crippen LogP contribution in [0.5, 0.6) is 0 Å². The first-order chi connectivity index (χ1) is 10.1. The summed E-state index contributed by atoms with van der Waals surface area (Å²) in [7, 11) is -3.25. The van der Waals surface area contributed by atoms with Gasteiger partial charge in [0.2, 0.25) is 5.91 Å². The highest BCUT2D eigenvalue weighted by molar-refractivity contribution is 7.91. The summed E-state index contributed by atoms with van der Waals surface area (Å²) >= 11 is 0. The number of hydrogen-bond acceptors (Lipinski definition) is 4. The summed E-state index contributed by atoms with van der Waals surface area (Å²) in [6, 6.07) is 3.34. The van der Waals surface area contributed by atoms with Gasteiger partial charge in [0, 0.05) is 19.0 Å². The summed E-state index contributed by atoms with van der Waals surface area (Å²) in [6.45, 7) is 0.643. The molecule has 1 aliphatic heterocycles. The number of carbonyl (C=O) groups is 1. The number of carbonyl (C=O) groups excluding carboxylic acids is 1. The van der Waals surface area contributed by atoms with Gasteiger partial charge in [-0.2, -0.15) is 0 Å². The van der Waals surface area contributed by atoms with E-state index in [1.807, 2.05) is 6.08 Å². The summed E-state index contributed by atoms with van der Waals surface area (Å²) in [5, 5.41) is -0.453. The zero-order valence-electron chi connectivity index (χ0n) is 11.8. The second kappa shape index (κ2) is 5.67. The Labute approximate surface area is 124 Å². The molecule has 1 saturated heterocycles. The van der Waals surface area contributed by atoms with Gasteiger partial charge < -0.3 is 9.32 Å². The van der Waals surface area contributed by atoms with E-state index in [1.165, 1.54) is 6.26 Å². The number of sulfone groups is 1. The van der Waals surface area contributed by atoms with E-state index in [0.29, 0.717) is 18.8 Å². The van der Waals surface area contributed by atoms with Crippen molar-refractivity contribution in [3.8, 4) is 0 Å². The first-order valence-corrected chi connectivity index (χ1v) is 8.95. The molecule has 0 spiro atoms. The third-order valence-electron chi connectivity index (χ3n) is 4.21. The molecule has 21 heavy (non-hydrogen) atoms. The van der Waals surface area contributed by atoms with Crippen molar-refractivity contribution in [2.24, 2.45) is 5.92 Å². The molecule has 2 aliphatic rings. The molecular weight excluding hydrogens is 290 g/mol. The van der Waals surface area contributed by atoms with Crippen LogP contribution in [0.2, 0.25) is 0 Å². The molecule has 1 aliphatic carbocycles. The minimum absolute atomic E-state index is 0.0312. The number of rotatable bonds is 4. The molecule has 2 heterocycles. The molecule has 0 aromatic carbocycles. The quantitative estimate of drug-likeness (QED) is 0.795. The van der Waals surface area contributed by atoms with Crippen molar-refractivity contribution >= 4 is 15.7 Å². The fourth-order valence-electron chi connectivity index (χ4n) is 2.83. The molecule has 5 nitrogen and oxygen atoms in total. The van der Waals surface area contributed by atoms with Gasteiger partial charge in [0.15, 0.2) is 9.84 Å². The number of furan rings is 1. The van der Waals surface area contributed by atoms with E-state index < -0.39 is 15.1 Å². The normalized spacial score (nSPS) is 23.0. The van der Waals surface area contributed by atoms with Gasteiger partial charge in [-0.15, -0.1) is 0 Å². The van der Waals surface area contributed by atoms with Gasteiger partial charge in [-0.25, -0.2) is 8.42 Å². The number of hydrogen-bond donors (Lipinski definition) is 0. The fraction of sp³-hybridized carbons (Fsp3) is 0.533. The Kier molecular flexibility index (Phi) is 3.89. The van der Waals surface area contributed by atoms with E-state index in [-0.39, 0.29) is 17.6 Å². The number of nitrogens with zero attached hydrogens (tertiary/aromatic N) is 1. The Morgan fingerprint density at radius 3 is 2.76 bits per heavy atom. The Morgan fingerprint density at radius 1 is 1.33 bits per heavy atom. The molecule has 3 rings (SSSR count). The molecule has 1 unspecified atom stereocenters. The van der Waals surface area contributed by atoms with E-state index in [9.17, 15) is 13.2 Å². The SMILES string of the molecule is O=C(C1CC=CCC1)N1CC(S(=O)(=O)Cc2ccco2)C1.